The Morgan fingerprint density at radius 1 is 0.821 bits per heavy atom. The number of aromatic nitrogens is 3. The summed E-state index contributed by atoms with van der Waals surface area (Å²) in [6.45, 7) is 4.92. The van der Waals surface area contributed by atoms with Gasteiger partial charge in [-0.25, -0.2) is 9.97 Å². The van der Waals surface area contributed by atoms with Gasteiger partial charge in [0.2, 0.25) is 0 Å². The Kier molecular flexibility index (Phi) is 7.91. The highest BCUT2D eigenvalue weighted by Gasteiger charge is 2.20. The van der Waals surface area contributed by atoms with Crippen molar-refractivity contribution >= 4 is 27.6 Å². The van der Waals surface area contributed by atoms with Crippen LogP contribution in [0.25, 0.3) is 21.8 Å². The van der Waals surface area contributed by atoms with E-state index in [4.69, 9.17) is 4.74 Å². The molecule has 2 aromatic heterocycles. The van der Waals surface area contributed by atoms with Gasteiger partial charge in [0.15, 0.2) is 0 Å². The summed E-state index contributed by atoms with van der Waals surface area (Å²) >= 11 is 0. The Morgan fingerprint density at radius 3 is 2.56 bits per heavy atom. The zero-order valence-electron chi connectivity index (χ0n) is 22.3. The number of ether oxygens (including phenoxy) is 1. The average Bonchev–Trinajstić information content (AvgIpc) is 3.00. The third-order valence-electron chi connectivity index (χ3n) is 7.76. The number of hydrogen-bond acceptors (Lipinski definition) is 6. The molecule has 0 aliphatic carbocycles. The molecule has 39 heavy (non-hydrogen) atoms. The highest BCUT2D eigenvalue weighted by molar-refractivity contribution is 5.89. The van der Waals surface area contributed by atoms with Gasteiger partial charge in [-0.3, -0.25) is 4.98 Å². The summed E-state index contributed by atoms with van der Waals surface area (Å²) < 4.78 is 6.23. The highest BCUT2D eigenvalue weighted by Crippen LogP contribution is 2.26. The third kappa shape index (κ3) is 6.35. The summed E-state index contributed by atoms with van der Waals surface area (Å²) in [7, 11) is 0. The summed E-state index contributed by atoms with van der Waals surface area (Å²) in [5.74, 6) is 2.32. The monoisotopic (exact) mass is 517 g/mol. The van der Waals surface area contributed by atoms with Gasteiger partial charge in [0, 0.05) is 29.6 Å². The zero-order valence-corrected chi connectivity index (χ0v) is 22.3. The largest absolute Gasteiger partial charge is 0.493 e. The SMILES string of the molecule is c1ccc(CNc2ncnc3cc(OCC4CCN(CCCc5ccnc6ccccc56)CC4)ccc23)cc1. The maximum Gasteiger partial charge on any atom is 0.137 e. The smallest absolute Gasteiger partial charge is 0.137 e. The molecule has 0 spiro atoms. The highest BCUT2D eigenvalue weighted by atomic mass is 16.5. The minimum absolute atomic E-state index is 0.592. The van der Waals surface area contributed by atoms with Gasteiger partial charge in [-0.05, 0) is 86.6 Å². The van der Waals surface area contributed by atoms with Crippen molar-refractivity contribution in [2.75, 3.05) is 31.6 Å². The predicted octanol–water partition coefficient (Wildman–Crippen LogP) is 6.51. The number of likely N-dealkylation sites (tertiary alicyclic amines) is 1. The van der Waals surface area contributed by atoms with Crippen LogP contribution in [0.1, 0.15) is 30.4 Å². The van der Waals surface area contributed by atoms with Crippen LogP contribution in [-0.4, -0.2) is 46.1 Å². The van der Waals surface area contributed by atoms with Gasteiger partial charge < -0.3 is 15.0 Å². The summed E-state index contributed by atoms with van der Waals surface area (Å²) in [5, 5.41) is 5.74. The number of aryl methyl sites for hydroxylation is 1. The maximum absolute atomic E-state index is 6.23. The van der Waals surface area contributed by atoms with E-state index in [-0.39, 0.29) is 0 Å². The molecule has 0 saturated carbocycles. The minimum Gasteiger partial charge on any atom is -0.493 e. The number of fused-ring (bicyclic) bond motifs is 2. The minimum atomic E-state index is 0.592. The molecule has 3 aromatic carbocycles. The van der Waals surface area contributed by atoms with Crippen LogP contribution in [0, 0.1) is 5.92 Å². The van der Waals surface area contributed by atoms with E-state index >= 15 is 0 Å². The number of hydrogen-bond donors (Lipinski definition) is 1. The van der Waals surface area contributed by atoms with E-state index in [1.54, 1.807) is 6.33 Å². The molecule has 0 amide bonds. The fourth-order valence-corrected chi connectivity index (χ4v) is 5.51. The molecule has 1 saturated heterocycles. The topological polar surface area (TPSA) is 63.2 Å². The molecule has 6 heteroatoms. The van der Waals surface area contributed by atoms with Gasteiger partial charge in [0.1, 0.15) is 17.9 Å². The van der Waals surface area contributed by atoms with E-state index in [0.717, 1.165) is 67.2 Å². The zero-order chi connectivity index (χ0) is 26.3. The summed E-state index contributed by atoms with van der Waals surface area (Å²) in [5.41, 5.74) is 4.62. The van der Waals surface area contributed by atoms with Crippen LogP contribution in [0.4, 0.5) is 5.82 Å². The molecular weight excluding hydrogens is 482 g/mol. The number of piperidine rings is 1. The van der Waals surface area contributed by atoms with Crippen molar-refractivity contribution in [3.05, 3.63) is 103 Å². The molecule has 0 unspecified atom stereocenters. The van der Waals surface area contributed by atoms with E-state index in [1.165, 1.54) is 35.8 Å². The van der Waals surface area contributed by atoms with Crippen LogP contribution in [0.2, 0.25) is 0 Å². The molecule has 1 N–H and O–H groups in total. The van der Waals surface area contributed by atoms with Crippen molar-refractivity contribution in [3.63, 3.8) is 0 Å². The molecule has 0 bridgehead atoms. The lowest BCUT2D eigenvalue weighted by Crippen LogP contribution is -2.36. The van der Waals surface area contributed by atoms with E-state index in [1.807, 2.05) is 36.5 Å². The second kappa shape index (κ2) is 12.2. The molecular formula is C33H35N5O. The van der Waals surface area contributed by atoms with Crippen molar-refractivity contribution < 1.29 is 4.74 Å². The van der Waals surface area contributed by atoms with E-state index in [0.29, 0.717) is 5.92 Å². The van der Waals surface area contributed by atoms with Crippen molar-refractivity contribution in [3.8, 4) is 5.75 Å². The third-order valence-corrected chi connectivity index (χ3v) is 7.76. The summed E-state index contributed by atoms with van der Waals surface area (Å²) in [6.07, 6.45) is 8.19. The summed E-state index contributed by atoms with van der Waals surface area (Å²) in [4.78, 5) is 16.0. The fourth-order valence-electron chi connectivity index (χ4n) is 5.51. The molecule has 1 aliphatic heterocycles. The van der Waals surface area contributed by atoms with Crippen molar-refractivity contribution in [1.82, 2.24) is 19.9 Å². The Morgan fingerprint density at radius 2 is 1.67 bits per heavy atom. The average molecular weight is 518 g/mol. The Bertz CT molecular complexity index is 1510. The first-order chi connectivity index (χ1) is 19.3. The van der Waals surface area contributed by atoms with Crippen LogP contribution in [0.5, 0.6) is 5.75 Å². The van der Waals surface area contributed by atoms with Gasteiger partial charge in [0.05, 0.1) is 17.6 Å². The lowest BCUT2D eigenvalue weighted by atomic mass is 9.97. The van der Waals surface area contributed by atoms with Gasteiger partial charge in [-0.15, -0.1) is 0 Å². The number of nitrogens with one attached hydrogen (secondary N) is 1. The number of rotatable bonds is 10. The first-order valence-corrected chi connectivity index (χ1v) is 14.0. The number of benzene rings is 3. The van der Waals surface area contributed by atoms with E-state index < -0.39 is 0 Å². The number of pyridine rings is 1. The fraction of sp³-hybridized carbons (Fsp3) is 0.303. The van der Waals surface area contributed by atoms with Gasteiger partial charge in [-0.1, -0.05) is 48.5 Å². The number of para-hydroxylation sites is 1. The van der Waals surface area contributed by atoms with Crippen LogP contribution < -0.4 is 10.1 Å². The molecule has 0 atom stereocenters. The molecule has 3 heterocycles. The molecule has 1 aliphatic rings. The predicted molar refractivity (Wildman–Crippen MR) is 158 cm³/mol. The molecule has 1 fully saturated rings. The number of nitrogens with zero attached hydrogens (tertiary/aromatic N) is 4. The second-order valence-electron chi connectivity index (χ2n) is 10.4. The lowest BCUT2D eigenvalue weighted by molar-refractivity contribution is 0.140. The Hall–Kier alpha value is -4.03. The molecule has 6 nitrogen and oxygen atoms in total. The van der Waals surface area contributed by atoms with Crippen LogP contribution in [0.3, 0.4) is 0 Å². The molecule has 198 valence electrons. The Labute approximate surface area is 230 Å². The first kappa shape index (κ1) is 25.3. The van der Waals surface area contributed by atoms with Crippen LogP contribution in [-0.2, 0) is 13.0 Å². The molecule has 0 radical (unpaired) electrons. The quantitative estimate of drug-likeness (QED) is 0.228. The number of anilines is 1. The normalized spacial score (nSPS) is 14.6. The van der Waals surface area contributed by atoms with E-state index in [9.17, 15) is 0 Å². The van der Waals surface area contributed by atoms with Crippen molar-refractivity contribution in [2.45, 2.75) is 32.2 Å². The lowest BCUT2D eigenvalue weighted by Gasteiger charge is -2.31. The van der Waals surface area contributed by atoms with Crippen LogP contribution in [0.15, 0.2) is 91.4 Å². The molecule has 6 rings (SSSR count). The second-order valence-corrected chi connectivity index (χ2v) is 10.4. The van der Waals surface area contributed by atoms with Gasteiger partial charge in [-0.2, -0.15) is 0 Å². The van der Waals surface area contributed by atoms with Crippen molar-refractivity contribution in [2.24, 2.45) is 5.92 Å². The first-order valence-electron chi connectivity index (χ1n) is 14.0. The van der Waals surface area contributed by atoms with Gasteiger partial charge >= 0.3 is 0 Å². The van der Waals surface area contributed by atoms with Crippen LogP contribution >= 0.6 is 0 Å². The molecule has 5 aromatic rings. The van der Waals surface area contributed by atoms with E-state index in [2.05, 4.69) is 73.7 Å². The Balaban J connectivity index is 0.961. The van der Waals surface area contributed by atoms with Gasteiger partial charge in [0.25, 0.3) is 0 Å². The van der Waals surface area contributed by atoms with Crippen molar-refractivity contribution in [1.29, 1.82) is 0 Å². The summed E-state index contributed by atoms with van der Waals surface area (Å²) in [6, 6.07) is 27.1. The maximum atomic E-state index is 6.23. The standard InChI is InChI=1S/C33H35N5O/c1-2-7-25(8-3-1)22-35-33-30-13-12-28(21-32(30)36-24-37-33)39-23-26-15-19-38(20-16-26)18-6-9-27-14-17-34-31-11-5-4-10-29(27)31/h1-5,7-8,10-14,17,21,24,26H,6,9,15-16,18-20,22-23H2,(H,35,36,37).